The fourth-order valence-electron chi connectivity index (χ4n) is 10.3. The van der Waals surface area contributed by atoms with Gasteiger partial charge in [-0.05, 0) is 116 Å². The lowest BCUT2D eigenvalue weighted by Crippen LogP contribution is -1.93. The Morgan fingerprint density at radius 1 is 0.237 bits per heavy atom. The van der Waals surface area contributed by atoms with E-state index in [-0.39, 0.29) is 0 Å². The van der Waals surface area contributed by atoms with Gasteiger partial charge in [0.15, 0.2) is 0 Å². The quantitative estimate of drug-likeness (QED) is 0.130. The van der Waals surface area contributed by atoms with Gasteiger partial charge in [-0.3, -0.25) is 0 Å². The highest BCUT2D eigenvalue weighted by molar-refractivity contribution is 6.32. The summed E-state index contributed by atoms with van der Waals surface area (Å²) in [4.78, 5) is 0. The molecule has 0 saturated heterocycles. The lowest BCUT2D eigenvalue weighted by atomic mass is 9.83. The van der Waals surface area contributed by atoms with E-state index in [4.69, 9.17) is 4.42 Å². The van der Waals surface area contributed by atoms with E-state index >= 15 is 0 Å². The largest absolute Gasteiger partial charge is 0.455 e. The fraction of sp³-hybridized carbons (Fsp3) is 0. The first-order chi connectivity index (χ1) is 29.3. The Hall–Kier alpha value is -7.74. The molecular formula is C58H34O. The van der Waals surface area contributed by atoms with Crippen LogP contribution < -0.4 is 0 Å². The van der Waals surface area contributed by atoms with Crippen LogP contribution in [0, 0.1) is 0 Å². The van der Waals surface area contributed by atoms with Crippen molar-refractivity contribution in [3.8, 4) is 33.4 Å². The van der Waals surface area contributed by atoms with Crippen LogP contribution in [0.4, 0.5) is 0 Å². The highest BCUT2D eigenvalue weighted by atomic mass is 16.3. The summed E-state index contributed by atoms with van der Waals surface area (Å²) in [6, 6.07) is 75.8. The van der Waals surface area contributed by atoms with Gasteiger partial charge in [-0.2, -0.15) is 0 Å². The first-order valence-electron chi connectivity index (χ1n) is 20.4. The van der Waals surface area contributed by atoms with Gasteiger partial charge in [-0.15, -0.1) is 0 Å². The number of hydrogen-bond acceptors (Lipinski definition) is 1. The summed E-state index contributed by atoms with van der Waals surface area (Å²) in [6.45, 7) is 0. The molecule has 0 aliphatic carbocycles. The zero-order valence-corrected chi connectivity index (χ0v) is 32.0. The van der Waals surface area contributed by atoms with Crippen LogP contribution in [0.2, 0.25) is 0 Å². The highest BCUT2D eigenvalue weighted by Gasteiger charge is 2.21. The van der Waals surface area contributed by atoms with E-state index in [0.717, 1.165) is 27.3 Å². The lowest BCUT2D eigenvalue weighted by Gasteiger charge is -2.20. The molecule has 272 valence electrons. The van der Waals surface area contributed by atoms with Gasteiger partial charge >= 0.3 is 0 Å². The maximum absolute atomic E-state index is 6.90. The van der Waals surface area contributed by atoms with E-state index in [0.29, 0.717) is 0 Å². The fourth-order valence-corrected chi connectivity index (χ4v) is 10.3. The molecule has 1 heterocycles. The minimum Gasteiger partial charge on any atom is -0.455 e. The average Bonchev–Trinajstić information content (AvgIpc) is 3.71. The molecule has 0 aliphatic heterocycles. The maximum Gasteiger partial charge on any atom is 0.143 e. The molecule has 0 saturated carbocycles. The van der Waals surface area contributed by atoms with Gasteiger partial charge in [0.25, 0.3) is 0 Å². The molecule has 1 nitrogen and oxygen atoms in total. The highest BCUT2D eigenvalue weighted by Crippen LogP contribution is 2.49. The van der Waals surface area contributed by atoms with Gasteiger partial charge in [0.1, 0.15) is 11.2 Å². The Labute approximate surface area is 340 Å². The SMILES string of the molecule is c1ccc2c(-c3c4ccccc4c(-c4ccc(-c5ccc6c(c5)c5ccccc5c5c7ccc8ccccc8c7oc65)c5ccccc45)c4ccccc34)cccc2c1. The predicted molar refractivity (Wildman–Crippen MR) is 253 cm³/mol. The molecule has 1 aromatic heterocycles. The predicted octanol–water partition coefficient (Wildman–Crippen LogP) is 16.7. The van der Waals surface area contributed by atoms with Crippen molar-refractivity contribution in [2.24, 2.45) is 0 Å². The molecule has 0 bridgehead atoms. The van der Waals surface area contributed by atoms with Crippen molar-refractivity contribution in [1.82, 2.24) is 0 Å². The average molecular weight is 747 g/mol. The number of furan rings is 1. The van der Waals surface area contributed by atoms with Gasteiger partial charge in [-0.1, -0.05) is 188 Å². The first-order valence-corrected chi connectivity index (χ1v) is 20.4. The third kappa shape index (κ3) is 4.62. The van der Waals surface area contributed by atoms with Crippen LogP contribution in [0.25, 0.3) is 131 Å². The van der Waals surface area contributed by atoms with Crippen molar-refractivity contribution in [3.05, 3.63) is 206 Å². The second kappa shape index (κ2) is 12.4. The van der Waals surface area contributed by atoms with E-state index < -0.39 is 0 Å². The molecule has 0 atom stereocenters. The molecule has 13 aromatic rings. The lowest BCUT2D eigenvalue weighted by molar-refractivity contribution is 0.676. The van der Waals surface area contributed by atoms with Crippen LogP contribution in [0.5, 0.6) is 0 Å². The van der Waals surface area contributed by atoms with Gasteiger partial charge < -0.3 is 4.42 Å². The molecule has 13 rings (SSSR count). The van der Waals surface area contributed by atoms with Crippen molar-refractivity contribution in [1.29, 1.82) is 0 Å². The van der Waals surface area contributed by atoms with Crippen LogP contribution in [0.1, 0.15) is 0 Å². The van der Waals surface area contributed by atoms with Gasteiger partial charge in [0.05, 0.1) is 0 Å². The summed E-state index contributed by atoms with van der Waals surface area (Å²) < 4.78 is 6.90. The van der Waals surface area contributed by atoms with Crippen molar-refractivity contribution < 1.29 is 4.42 Å². The molecule has 1 heteroatoms. The summed E-state index contributed by atoms with van der Waals surface area (Å²) in [5.74, 6) is 0. The van der Waals surface area contributed by atoms with Crippen LogP contribution in [0.3, 0.4) is 0 Å². The van der Waals surface area contributed by atoms with Gasteiger partial charge in [0.2, 0.25) is 0 Å². The van der Waals surface area contributed by atoms with E-state index in [1.54, 1.807) is 0 Å². The number of benzene rings is 12. The number of rotatable bonds is 3. The molecule has 12 aromatic carbocycles. The van der Waals surface area contributed by atoms with Crippen molar-refractivity contribution in [3.63, 3.8) is 0 Å². The normalized spacial score (nSPS) is 12.1. The van der Waals surface area contributed by atoms with Crippen molar-refractivity contribution in [2.45, 2.75) is 0 Å². The van der Waals surface area contributed by atoms with E-state index in [9.17, 15) is 0 Å². The second-order valence-corrected chi connectivity index (χ2v) is 15.8. The number of hydrogen-bond donors (Lipinski definition) is 0. The molecule has 0 aliphatic rings. The summed E-state index contributed by atoms with van der Waals surface area (Å²) in [7, 11) is 0. The first kappa shape index (κ1) is 32.4. The van der Waals surface area contributed by atoms with Gasteiger partial charge in [0, 0.05) is 21.5 Å². The second-order valence-electron chi connectivity index (χ2n) is 15.8. The zero-order chi connectivity index (χ0) is 38.6. The molecular weight excluding hydrogens is 713 g/mol. The Kier molecular flexibility index (Phi) is 6.79. The third-order valence-corrected chi connectivity index (χ3v) is 12.8. The Morgan fingerprint density at radius 2 is 0.712 bits per heavy atom. The monoisotopic (exact) mass is 746 g/mol. The molecule has 0 amide bonds. The number of fused-ring (bicyclic) bond motifs is 14. The molecule has 59 heavy (non-hydrogen) atoms. The van der Waals surface area contributed by atoms with Crippen molar-refractivity contribution in [2.75, 3.05) is 0 Å². The Bertz CT molecular complexity index is 3840. The zero-order valence-electron chi connectivity index (χ0n) is 32.0. The maximum atomic E-state index is 6.90. The Balaban J connectivity index is 1.06. The van der Waals surface area contributed by atoms with E-state index in [1.165, 1.54) is 103 Å². The summed E-state index contributed by atoms with van der Waals surface area (Å²) in [5.41, 5.74) is 9.36. The Morgan fingerprint density at radius 3 is 1.39 bits per heavy atom. The van der Waals surface area contributed by atoms with Crippen molar-refractivity contribution >= 4 is 97.3 Å². The van der Waals surface area contributed by atoms with E-state index in [2.05, 4.69) is 206 Å². The van der Waals surface area contributed by atoms with Crippen LogP contribution >= 0.6 is 0 Å². The molecule has 0 fully saturated rings. The molecule has 0 N–H and O–H groups in total. The van der Waals surface area contributed by atoms with Crippen LogP contribution in [0.15, 0.2) is 211 Å². The molecule has 0 unspecified atom stereocenters. The topological polar surface area (TPSA) is 13.1 Å². The standard InChI is InChI=1S/C58H34O/c1-3-17-38-35(14-1)16-13-27-44(38)54-46-23-9-11-25-48(46)55(49-26-12-10-24-47(49)54)50-33-32-39(41-19-5-6-20-42(41)50)37-29-30-51-53(34-37)43-21-7-8-22-45(43)56-52-31-28-36-15-2-4-18-40(36)57(52)59-58(51)56/h1-34H. The minimum absolute atomic E-state index is 0.947. The smallest absolute Gasteiger partial charge is 0.143 e. The molecule has 0 radical (unpaired) electrons. The minimum atomic E-state index is 0.947. The van der Waals surface area contributed by atoms with Crippen LogP contribution in [-0.4, -0.2) is 0 Å². The summed E-state index contributed by atoms with van der Waals surface area (Å²) in [6.07, 6.45) is 0. The van der Waals surface area contributed by atoms with E-state index in [1.807, 2.05) is 0 Å². The summed E-state index contributed by atoms with van der Waals surface area (Å²) in [5, 5.41) is 19.5. The summed E-state index contributed by atoms with van der Waals surface area (Å²) >= 11 is 0. The van der Waals surface area contributed by atoms with Crippen LogP contribution in [-0.2, 0) is 0 Å². The van der Waals surface area contributed by atoms with Gasteiger partial charge in [-0.25, -0.2) is 0 Å². The molecule has 0 spiro atoms. The third-order valence-electron chi connectivity index (χ3n) is 12.8.